The molecular formula is C52H55N5O12S2. The number of anilines is 3. The number of methoxy groups -OCH3 is 2. The molecule has 2 atom stereocenters. The minimum atomic E-state index is -0.649. The molecule has 0 N–H and O–H groups in total. The molecule has 1 fully saturated rings. The van der Waals surface area contributed by atoms with E-state index in [1.807, 2.05) is 68.6 Å². The van der Waals surface area contributed by atoms with Crippen LogP contribution >= 0.6 is 21.6 Å². The first-order valence-electron chi connectivity index (χ1n) is 23.7. The fourth-order valence-corrected chi connectivity index (χ4v) is 11.7. The van der Waals surface area contributed by atoms with Gasteiger partial charge in [0, 0.05) is 61.2 Å². The van der Waals surface area contributed by atoms with Crippen molar-refractivity contribution < 1.29 is 57.3 Å². The second-order valence-electron chi connectivity index (χ2n) is 18.3. The van der Waals surface area contributed by atoms with Crippen LogP contribution in [0.15, 0.2) is 77.8 Å². The maximum absolute atomic E-state index is 14.5. The quantitative estimate of drug-likeness (QED) is 0.0494. The largest absolute Gasteiger partial charge is 0.493 e. The van der Waals surface area contributed by atoms with Crippen molar-refractivity contribution in [2.24, 2.45) is 4.99 Å². The van der Waals surface area contributed by atoms with Crippen molar-refractivity contribution in [2.45, 2.75) is 88.5 Å². The molecule has 0 aromatic heterocycles. The van der Waals surface area contributed by atoms with Gasteiger partial charge in [-0.1, -0.05) is 58.0 Å². The number of hydrogen-bond donors (Lipinski definition) is 0. The lowest BCUT2D eigenvalue weighted by atomic mass is 10.1. The molecule has 0 unspecified atom stereocenters. The summed E-state index contributed by atoms with van der Waals surface area (Å²) in [6.45, 7) is 4.81. The summed E-state index contributed by atoms with van der Waals surface area (Å²) in [5.74, 6) is 0.154. The van der Waals surface area contributed by atoms with Crippen LogP contribution in [0.2, 0.25) is 0 Å². The number of amides is 5. The van der Waals surface area contributed by atoms with Gasteiger partial charge in [-0.2, -0.15) is 0 Å². The average Bonchev–Trinajstić information content (AvgIpc) is 3.98. The molecule has 0 spiro atoms. The van der Waals surface area contributed by atoms with Gasteiger partial charge < -0.3 is 33.4 Å². The van der Waals surface area contributed by atoms with Gasteiger partial charge in [0.1, 0.15) is 6.61 Å². The zero-order chi connectivity index (χ0) is 49.8. The van der Waals surface area contributed by atoms with Crippen molar-refractivity contribution in [2.75, 3.05) is 61.0 Å². The Kier molecular flexibility index (Phi) is 14.8. The monoisotopic (exact) mass is 1010 g/mol. The van der Waals surface area contributed by atoms with Crippen LogP contribution in [0.5, 0.6) is 23.0 Å². The van der Waals surface area contributed by atoms with Crippen molar-refractivity contribution in [3.63, 3.8) is 0 Å². The second kappa shape index (κ2) is 21.3. The van der Waals surface area contributed by atoms with Gasteiger partial charge in [-0.15, -0.1) is 5.06 Å². The van der Waals surface area contributed by atoms with Crippen LogP contribution < -0.4 is 33.6 Å². The van der Waals surface area contributed by atoms with Gasteiger partial charge in [0.05, 0.1) is 73.3 Å². The normalized spacial score (nSPS) is 17.7. The Morgan fingerprint density at radius 2 is 1.34 bits per heavy atom. The van der Waals surface area contributed by atoms with Crippen LogP contribution in [0.1, 0.15) is 90.6 Å². The van der Waals surface area contributed by atoms with E-state index in [-0.39, 0.29) is 61.9 Å². The van der Waals surface area contributed by atoms with Crippen molar-refractivity contribution in [1.82, 2.24) is 5.06 Å². The lowest BCUT2D eigenvalue weighted by molar-refractivity contribution is -0.197. The molecule has 17 nitrogen and oxygen atoms in total. The van der Waals surface area contributed by atoms with Crippen LogP contribution in [0.4, 0.5) is 27.5 Å². The molecule has 5 aliphatic rings. The van der Waals surface area contributed by atoms with Crippen molar-refractivity contribution in [3.05, 3.63) is 95.1 Å². The molecule has 4 aromatic rings. The highest BCUT2D eigenvalue weighted by atomic mass is 33.1. The summed E-state index contributed by atoms with van der Waals surface area (Å²) in [6.07, 6.45) is 5.13. The van der Waals surface area contributed by atoms with Crippen molar-refractivity contribution in [1.29, 1.82) is 0 Å². The molecular weight excluding hydrogens is 951 g/mol. The summed E-state index contributed by atoms with van der Waals surface area (Å²) >= 11 is 0. The first-order valence-corrected chi connectivity index (χ1v) is 26.0. The van der Waals surface area contributed by atoms with Crippen LogP contribution in [0.25, 0.3) is 0 Å². The van der Waals surface area contributed by atoms with Crippen LogP contribution in [-0.2, 0) is 36.8 Å². The number of ether oxygens (including phenoxy) is 5. The third kappa shape index (κ3) is 10.5. The molecule has 5 amide bonds. The predicted molar refractivity (Wildman–Crippen MR) is 270 cm³/mol. The first kappa shape index (κ1) is 49.3. The summed E-state index contributed by atoms with van der Waals surface area (Å²) in [6, 6.07) is 21.9. The number of imide groups is 1. The predicted octanol–water partition coefficient (Wildman–Crippen LogP) is 8.69. The summed E-state index contributed by atoms with van der Waals surface area (Å²) in [5.41, 5.74) is 5.42. The Bertz CT molecular complexity index is 2770. The Labute approximate surface area is 419 Å². The molecule has 0 saturated carbocycles. The minimum absolute atomic E-state index is 0.0331. The third-order valence-electron chi connectivity index (χ3n) is 12.8. The van der Waals surface area contributed by atoms with Gasteiger partial charge in [0.15, 0.2) is 23.0 Å². The van der Waals surface area contributed by atoms with Gasteiger partial charge in [0.2, 0.25) is 0 Å². The van der Waals surface area contributed by atoms with Crippen molar-refractivity contribution in [3.8, 4) is 23.0 Å². The molecule has 1 saturated heterocycles. The smallest absolute Gasteiger partial charge is 0.414 e. The standard InChI is InChI=1S/C52H55N5O12S2/c1-52(2,71-70-22-12-17-48(60)69-57-46(58)18-19-47(57)59)31-68-51(63)54-30-35-24-33-14-7-9-16-40(33)56(35)50(62)37-26-43(65-4)45(28-41(37)54)67-21-11-5-10-20-66-44-27-38-36(25-42(44)64-3)49(61)55-34(29-53-38)23-32-13-6-8-15-39(32)55/h6-9,13-16,25-29,34-35H,5,10-12,17-24,30-31H2,1-4H3/t34-,35-/m0/s1. The number of benzene rings is 4. The molecule has 19 heteroatoms. The van der Waals surface area contributed by atoms with Gasteiger partial charge in [-0.25, -0.2) is 9.59 Å². The third-order valence-corrected chi connectivity index (χ3v) is 16.1. The number of hydrogen-bond acceptors (Lipinski definition) is 15. The Balaban J connectivity index is 0.808. The Morgan fingerprint density at radius 1 is 0.718 bits per heavy atom. The van der Waals surface area contributed by atoms with E-state index in [0.717, 1.165) is 28.9 Å². The molecule has 5 aliphatic heterocycles. The fraction of sp³-hybridized carbons (Fsp3) is 0.404. The van der Waals surface area contributed by atoms with E-state index in [4.69, 9.17) is 33.5 Å². The molecule has 4 aromatic carbocycles. The van der Waals surface area contributed by atoms with Gasteiger partial charge in [-0.3, -0.25) is 34.0 Å². The van der Waals surface area contributed by atoms with Crippen LogP contribution in [0.3, 0.4) is 0 Å². The van der Waals surface area contributed by atoms with Gasteiger partial charge >= 0.3 is 12.1 Å². The summed E-state index contributed by atoms with van der Waals surface area (Å²) < 4.78 is 29.4. The zero-order valence-corrected chi connectivity index (χ0v) is 41.6. The molecule has 0 bridgehead atoms. The number of fused-ring (bicyclic) bond motifs is 8. The van der Waals surface area contributed by atoms with Gasteiger partial charge in [0.25, 0.3) is 23.6 Å². The number of aliphatic imine (C=N–C) groups is 1. The molecule has 5 heterocycles. The van der Waals surface area contributed by atoms with E-state index < -0.39 is 28.6 Å². The maximum atomic E-state index is 14.5. The van der Waals surface area contributed by atoms with Crippen molar-refractivity contribution >= 4 is 86.2 Å². The van der Waals surface area contributed by atoms with E-state index in [0.29, 0.717) is 96.1 Å². The van der Waals surface area contributed by atoms with E-state index in [1.54, 1.807) is 41.2 Å². The number of para-hydroxylation sites is 2. The van der Waals surface area contributed by atoms with E-state index >= 15 is 0 Å². The van der Waals surface area contributed by atoms with Gasteiger partial charge in [-0.05, 0) is 81.3 Å². The summed E-state index contributed by atoms with van der Waals surface area (Å²) in [4.78, 5) is 93.1. The van der Waals surface area contributed by atoms with Crippen LogP contribution in [0, 0.1) is 0 Å². The average molecular weight is 1010 g/mol. The lowest BCUT2D eigenvalue weighted by Crippen LogP contribution is -2.44. The molecule has 71 heavy (non-hydrogen) atoms. The van der Waals surface area contributed by atoms with E-state index in [1.165, 1.54) is 33.6 Å². The number of nitrogens with zero attached hydrogens (tertiary/aromatic N) is 5. The molecule has 0 aliphatic carbocycles. The molecule has 372 valence electrons. The number of rotatable bonds is 19. The highest BCUT2D eigenvalue weighted by molar-refractivity contribution is 8.77. The van der Waals surface area contributed by atoms with E-state index in [2.05, 4.69) is 0 Å². The maximum Gasteiger partial charge on any atom is 0.414 e. The fourth-order valence-electron chi connectivity index (χ4n) is 9.26. The minimum Gasteiger partial charge on any atom is -0.493 e. The van der Waals surface area contributed by atoms with E-state index in [9.17, 15) is 28.8 Å². The number of unbranched alkanes of at least 4 members (excludes halogenated alkanes) is 2. The second-order valence-corrected chi connectivity index (χ2v) is 21.4. The molecule has 0 radical (unpaired) electrons. The number of carbonyl (C=O) groups excluding carboxylic acids is 6. The topological polar surface area (TPSA) is 183 Å². The number of hydroxylamine groups is 2. The number of carbonyl (C=O) groups is 6. The Hall–Kier alpha value is -6.73. The molecule has 9 rings (SSSR count). The Morgan fingerprint density at radius 3 is 2.03 bits per heavy atom. The van der Waals surface area contributed by atoms with Crippen LogP contribution in [-0.4, -0.2) is 110 Å². The lowest BCUT2D eigenvalue weighted by Gasteiger charge is -2.28. The SMILES string of the molecule is COc1cc2c(cc1OCCCCCOc1cc3c(cc1OC)C(=O)N1c4ccccc4C[C@H]1CN3C(=O)OCC(C)(C)SSCCCC(=O)ON1C(=O)CCC1=O)N=C[C@@H]1Cc3ccccc3N1C2=O. The first-order chi connectivity index (χ1) is 34.3. The summed E-state index contributed by atoms with van der Waals surface area (Å²) in [5, 5.41) is 0.550. The zero-order valence-electron chi connectivity index (χ0n) is 40.0. The highest BCUT2D eigenvalue weighted by Gasteiger charge is 2.43. The summed E-state index contributed by atoms with van der Waals surface area (Å²) in [7, 11) is 6.06. The highest BCUT2D eigenvalue weighted by Crippen LogP contribution is 2.44.